The first-order valence-electron chi connectivity index (χ1n) is 5.85. The van der Waals surface area contributed by atoms with Crippen LogP contribution >= 0.6 is 0 Å². The molecule has 1 aliphatic carbocycles. The van der Waals surface area contributed by atoms with Crippen molar-refractivity contribution in [3.05, 3.63) is 18.2 Å². The van der Waals surface area contributed by atoms with E-state index in [1.54, 1.807) is 7.11 Å². The minimum Gasteiger partial charge on any atom is -0.497 e. The lowest BCUT2D eigenvalue weighted by Gasteiger charge is -2.31. The first-order valence-corrected chi connectivity index (χ1v) is 5.85. The fraction of sp³-hybridized carbons (Fsp3) is 0.538. The topological polar surface area (TPSA) is 38.5 Å². The summed E-state index contributed by atoms with van der Waals surface area (Å²) in [5.74, 6) is 1.67. The predicted octanol–water partition coefficient (Wildman–Crippen LogP) is 2.51. The molecular formula is C13H20N2O. The van der Waals surface area contributed by atoms with Crippen LogP contribution in [0.5, 0.6) is 5.75 Å². The molecule has 2 N–H and O–H groups in total. The van der Waals surface area contributed by atoms with Crippen LogP contribution in [-0.4, -0.2) is 20.7 Å². The van der Waals surface area contributed by atoms with Crippen LogP contribution in [0.1, 0.15) is 19.3 Å². The standard InChI is InChI=1S/C13H20N2O/c1-15(9-10-4-3-5-10)13-7-6-11(16-2)8-12(13)14/h6-8,10H,3-5,9,14H2,1-2H3. The third kappa shape index (κ3) is 2.23. The highest BCUT2D eigenvalue weighted by molar-refractivity contribution is 5.69. The van der Waals surface area contributed by atoms with Gasteiger partial charge in [-0.2, -0.15) is 0 Å². The Morgan fingerprint density at radius 3 is 2.69 bits per heavy atom. The molecule has 0 heterocycles. The molecule has 2 rings (SSSR count). The normalized spacial score (nSPS) is 15.6. The van der Waals surface area contributed by atoms with Crippen LogP contribution in [0.2, 0.25) is 0 Å². The molecule has 0 aromatic heterocycles. The van der Waals surface area contributed by atoms with E-state index in [2.05, 4.69) is 11.9 Å². The molecule has 0 aliphatic heterocycles. The molecule has 1 saturated carbocycles. The van der Waals surface area contributed by atoms with Gasteiger partial charge in [-0.15, -0.1) is 0 Å². The Balaban J connectivity index is 2.06. The van der Waals surface area contributed by atoms with Crippen molar-refractivity contribution in [2.75, 3.05) is 31.3 Å². The van der Waals surface area contributed by atoms with E-state index in [1.807, 2.05) is 18.2 Å². The Hall–Kier alpha value is -1.38. The van der Waals surface area contributed by atoms with Crippen LogP contribution in [0.15, 0.2) is 18.2 Å². The summed E-state index contributed by atoms with van der Waals surface area (Å²) in [5, 5.41) is 0. The average molecular weight is 220 g/mol. The van der Waals surface area contributed by atoms with Crippen LogP contribution in [0.3, 0.4) is 0 Å². The van der Waals surface area contributed by atoms with Crippen molar-refractivity contribution >= 4 is 11.4 Å². The highest BCUT2D eigenvalue weighted by Gasteiger charge is 2.19. The largest absolute Gasteiger partial charge is 0.497 e. The Morgan fingerprint density at radius 1 is 1.44 bits per heavy atom. The molecule has 1 aromatic carbocycles. The van der Waals surface area contributed by atoms with Gasteiger partial charge < -0.3 is 15.4 Å². The van der Waals surface area contributed by atoms with Crippen LogP contribution in [0.4, 0.5) is 11.4 Å². The second kappa shape index (κ2) is 4.64. The molecule has 0 radical (unpaired) electrons. The number of hydrogen-bond donors (Lipinski definition) is 1. The molecule has 0 spiro atoms. The predicted molar refractivity (Wildman–Crippen MR) is 68.0 cm³/mol. The highest BCUT2D eigenvalue weighted by Crippen LogP contribution is 2.31. The van der Waals surface area contributed by atoms with Gasteiger partial charge in [0.2, 0.25) is 0 Å². The summed E-state index contributed by atoms with van der Waals surface area (Å²) in [6.07, 6.45) is 4.11. The summed E-state index contributed by atoms with van der Waals surface area (Å²) in [4.78, 5) is 2.25. The Morgan fingerprint density at radius 2 is 2.19 bits per heavy atom. The maximum atomic E-state index is 6.01. The van der Waals surface area contributed by atoms with E-state index in [4.69, 9.17) is 10.5 Å². The smallest absolute Gasteiger partial charge is 0.121 e. The van der Waals surface area contributed by atoms with Gasteiger partial charge in [-0.25, -0.2) is 0 Å². The SMILES string of the molecule is COc1ccc(N(C)CC2CCC2)c(N)c1. The minimum absolute atomic E-state index is 0.793. The van der Waals surface area contributed by atoms with Gasteiger partial charge in [0.25, 0.3) is 0 Å². The summed E-state index contributed by atoms with van der Waals surface area (Å²) in [6.45, 7) is 1.11. The number of rotatable bonds is 4. The number of hydrogen-bond acceptors (Lipinski definition) is 3. The zero-order chi connectivity index (χ0) is 11.5. The number of nitrogens with two attached hydrogens (primary N) is 1. The third-order valence-corrected chi connectivity index (χ3v) is 3.40. The number of nitrogens with zero attached hydrogens (tertiary/aromatic N) is 1. The number of ether oxygens (including phenoxy) is 1. The van der Waals surface area contributed by atoms with Gasteiger partial charge >= 0.3 is 0 Å². The molecule has 1 aromatic rings. The van der Waals surface area contributed by atoms with Crippen LogP contribution in [0.25, 0.3) is 0 Å². The molecule has 88 valence electrons. The van der Waals surface area contributed by atoms with Gasteiger partial charge in [-0.05, 0) is 30.9 Å². The number of methoxy groups -OCH3 is 1. The summed E-state index contributed by atoms with van der Waals surface area (Å²) >= 11 is 0. The van der Waals surface area contributed by atoms with Crippen molar-refractivity contribution in [1.82, 2.24) is 0 Å². The molecule has 3 nitrogen and oxygen atoms in total. The van der Waals surface area contributed by atoms with Gasteiger partial charge in [-0.1, -0.05) is 6.42 Å². The van der Waals surface area contributed by atoms with E-state index < -0.39 is 0 Å². The number of benzene rings is 1. The van der Waals surface area contributed by atoms with Crippen LogP contribution in [0, 0.1) is 5.92 Å². The van der Waals surface area contributed by atoms with Crippen LogP contribution < -0.4 is 15.4 Å². The quantitative estimate of drug-likeness (QED) is 0.792. The Labute approximate surface area is 97.2 Å². The van der Waals surface area contributed by atoms with Gasteiger partial charge in [-0.3, -0.25) is 0 Å². The molecule has 3 heteroatoms. The summed E-state index contributed by atoms with van der Waals surface area (Å²) in [6, 6.07) is 5.88. The zero-order valence-corrected chi connectivity index (χ0v) is 10.1. The average Bonchev–Trinajstić information content (AvgIpc) is 2.23. The molecule has 16 heavy (non-hydrogen) atoms. The van der Waals surface area contributed by atoms with Gasteiger partial charge in [0.1, 0.15) is 5.75 Å². The van der Waals surface area contributed by atoms with Crippen molar-refractivity contribution in [1.29, 1.82) is 0 Å². The molecule has 0 bridgehead atoms. The highest BCUT2D eigenvalue weighted by atomic mass is 16.5. The van der Waals surface area contributed by atoms with Crippen molar-refractivity contribution in [2.24, 2.45) is 5.92 Å². The molecule has 0 saturated heterocycles. The fourth-order valence-corrected chi connectivity index (χ4v) is 2.17. The fourth-order valence-electron chi connectivity index (χ4n) is 2.17. The molecular weight excluding hydrogens is 200 g/mol. The lowest BCUT2D eigenvalue weighted by molar-refractivity contribution is 0.321. The molecule has 0 amide bonds. The minimum atomic E-state index is 0.793. The molecule has 0 unspecified atom stereocenters. The molecule has 1 aliphatic rings. The zero-order valence-electron chi connectivity index (χ0n) is 10.1. The summed E-state index contributed by atoms with van der Waals surface area (Å²) < 4.78 is 5.14. The summed E-state index contributed by atoms with van der Waals surface area (Å²) in [7, 11) is 3.77. The Bertz CT molecular complexity index is 361. The third-order valence-electron chi connectivity index (χ3n) is 3.40. The summed E-state index contributed by atoms with van der Waals surface area (Å²) in [5.41, 5.74) is 7.91. The van der Waals surface area contributed by atoms with Crippen molar-refractivity contribution in [3.63, 3.8) is 0 Å². The lowest BCUT2D eigenvalue weighted by Crippen LogP contribution is -2.29. The molecule has 1 fully saturated rings. The first-order chi connectivity index (χ1) is 7.70. The first kappa shape index (κ1) is 11.1. The maximum absolute atomic E-state index is 6.01. The van der Waals surface area contributed by atoms with Gasteiger partial charge in [0.15, 0.2) is 0 Å². The molecule has 0 atom stereocenters. The number of nitrogen functional groups attached to an aromatic ring is 1. The van der Waals surface area contributed by atoms with Crippen molar-refractivity contribution in [2.45, 2.75) is 19.3 Å². The second-order valence-electron chi connectivity index (χ2n) is 4.60. The van der Waals surface area contributed by atoms with E-state index in [1.165, 1.54) is 19.3 Å². The van der Waals surface area contributed by atoms with E-state index in [0.717, 1.165) is 29.6 Å². The van der Waals surface area contributed by atoms with Gasteiger partial charge in [0.05, 0.1) is 18.5 Å². The van der Waals surface area contributed by atoms with Crippen LogP contribution in [-0.2, 0) is 0 Å². The van der Waals surface area contributed by atoms with E-state index in [-0.39, 0.29) is 0 Å². The lowest BCUT2D eigenvalue weighted by atomic mass is 9.85. The van der Waals surface area contributed by atoms with Crippen molar-refractivity contribution < 1.29 is 4.74 Å². The van der Waals surface area contributed by atoms with E-state index >= 15 is 0 Å². The number of anilines is 2. The monoisotopic (exact) mass is 220 g/mol. The maximum Gasteiger partial charge on any atom is 0.121 e. The van der Waals surface area contributed by atoms with E-state index in [0.29, 0.717) is 0 Å². The van der Waals surface area contributed by atoms with E-state index in [9.17, 15) is 0 Å². The van der Waals surface area contributed by atoms with Gasteiger partial charge in [0, 0.05) is 19.7 Å². The second-order valence-corrected chi connectivity index (χ2v) is 4.60. The van der Waals surface area contributed by atoms with Crippen molar-refractivity contribution in [3.8, 4) is 5.75 Å². The Kier molecular flexibility index (Phi) is 3.22.